The van der Waals surface area contributed by atoms with Gasteiger partial charge >= 0.3 is 0 Å². The smallest absolute Gasteiger partial charge is 0.229 e. The third-order valence-corrected chi connectivity index (χ3v) is 5.17. The second-order valence-corrected chi connectivity index (χ2v) is 8.04. The molecule has 0 N–H and O–H groups in total. The lowest BCUT2D eigenvalue weighted by molar-refractivity contribution is -0.118. The Morgan fingerprint density at radius 3 is 2.50 bits per heavy atom. The average Bonchev–Trinajstić information content (AvgIpc) is 3.18. The summed E-state index contributed by atoms with van der Waals surface area (Å²) in [5.74, 6) is 0.943. The topological polar surface area (TPSA) is 38.1 Å². The quantitative estimate of drug-likeness (QED) is 0.708. The zero-order valence-corrected chi connectivity index (χ0v) is 15.7. The van der Waals surface area contributed by atoms with Crippen LogP contribution in [0.4, 0.5) is 5.95 Å². The molecule has 0 saturated carbocycles. The van der Waals surface area contributed by atoms with Gasteiger partial charge in [-0.15, -0.1) is 0 Å². The molecule has 0 spiro atoms. The molecule has 0 fully saturated rings. The second-order valence-electron chi connectivity index (χ2n) is 8.04. The van der Waals surface area contributed by atoms with E-state index >= 15 is 0 Å². The van der Waals surface area contributed by atoms with Crippen molar-refractivity contribution in [1.29, 1.82) is 0 Å². The number of aryl methyl sites for hydroxylation is 1. The lowest BCUT2D eigenvalue weighted by Crippen LogP contribution is -2.29. The molecule has 1 aliphatic rings. The summed E-state index contributed by atoms with van der Waals surface area (Å²) in [6.45, 7) is 8.18. The number of amides is 1. The van der Waals surface area contributed by atoms with Crippen molar-refractivity contribution in [3.05, 3.63) is 59.7 Å². The van der Waals surface area contributed by atoms with Crippen LogP contribution in [0.25, 0.3) is 11.0 Å². The van der Waals surface area contributed by atoms with Gasteiger partial charge in [-0.1, -0.05) is 57.2 Å². The molecule has 0 atom stereocenters. The SMILES string of the molecule is CC(C)(C)c1ccc(CCC(=O)N2CCn3c2nc2ccccc23)cc1. The van der Waals surface area contributed by atoms with E-state index < -0.39 is 0 Å². The summed E-state index contributed by atoms with van der Waals surface area (Å²) in [4.78, 5) is 19.3. The van der Waals surface area contributed by atoms with Crippen LogP contribution in [-0.2, 0) is 23.2 Å². The largest absolute Gasteiger partial charge is 0.308 e. The van der Waals surface area contributed by atoms with Crippen molar-refractivity contribution in [2.24, 2.45) is 0 Å². The molecule has 0 unspecified atom stereocenters. The lowest BCUT2D eigenvalue weighted by Gasteiger charge is -2.19. The first-order chi connectivity index (χ1) is 12.4. The standard InChI is InChI=1S/C22H25N3O/c1-22(2,3)17-11-8-16(9-12-17)10-13-20(26)25-15-14-24-19-7-5-4-6-18(19)23-21(24)25/h4-9,11-12H,10,13-15H2,1-3H3. The highest BCUT2D eigenvalue weighted by Crippen LogP contribution is 2.28. The highest BCUT2D eigenvalue weighted by atomic mass is 16.2. The minimum Gasteiger partial charge on any atom is -0.308 e. The molecule has 4 rings (SSSR count). The molecule has 0 radical (unpaired) electrons. The van der Waals surface area contributed by atoms with Crippen LogP contribution in [-0.4, -0.2) is 22.0 Å². The van der Waals surface area contributed by atoms with Crippen molar-refractivity contribution in [3.8, 4) is 0 Å². The van der Waals surface area contributed by atoms with Crippen LogP contribution in [0.2, 0.25) is 0 Å². The predicted octanol–water partition coefficient (Wildman–Crippen LogP) is 4.31. The zero-order valence-electron chi connectivity index (χ0n) is 15.7. The molecule has 1 aliphatic heterocycles. The van der Waals surface area contributed by atoms with Crippen LogP contribution >= 0.6 is 0 Å². The van der Waals surface area contributed by atoms with Gasteiger partial charge in [-0.05, 0) is 35.1 Å². The molecular weight excluding hydrogens is 322 g/mol. The van der Waals surface area contributed by atoms with E-state index in [0.717, 1.165) is 36.5 Å². The fourth-order valence-electron chi connectivity index (χ4n) is 3.58. The van der Waals surface area contributed by atoms with E-state index in [4.69, 9.17) is 0 Å². The maximum atomic E-state index is 12.8. The van der Waals surface area contributed by atoms with Crippen LogP contribution in [0.5, 0.6) is 0 Å². The molecule has 3 aromatic rings. The minimum absolute atomic E-state index is 0.152. The number of aromatic nitrogens is 2. The summed E-state index contributed by atoms with van der Waals surface area (Å²) in [7, 11) is 0. The number of imidazole rings is 1. The second kappa shape index (κ2) is 6.27. The molecule has 134 valence electrons. The van der Waals surface area contributed by atoms with Gasteiger partial charge in [-0.2, -0.15) is 0 Å². The third kappa shape index (κ3) is 3.00. The summed E-state index contributed by atoms with van der Waals surface area (Å²) < 4.78 is 2.14. The summed E-state index contributed by atoms with van der Waals surface area (Å²) in [6.07, 6.45) is 1.28. The van der Waals surface area contributed by atoms with Crippen molar-refractivity contribution in [3.63, 3.8) is 0 Å². The fourth-order valence-corrected chi connectivity index (χ4v) is 3.58. The van der Waals surface area contributed by atoms with E-state index in [1.807, 2.05) is 23.1 Å². The summed E-state index contributed by atoms with van der Waals surface area (Å²) in [5.41, 5.74) is 4.75. The number of benzene rings is 2. The molecule has 26 heavy (non-hydrogen) atoms. The van der Waals surface area contributed by atoms with Crippen LogP contribution in [0.15, 0.2) is 48.5 Å². The van der Waals surface area contributed by atoms with Gasteiger partial charge in [0, 0.05) is 19.5 Å². The molecule has 2 heterocycles. The van der Waals surface area contributed by atoms with Crippen molar-refractivity contribution in [1.82, 2.24) is 9.55 Å². The summed E-state index contributed by atoms with van der Waals surface area (Å²) in [6, 6.07) is 16.7. The molecule has 0 bridgehead atoms. The van der Waals surface area contributed by atoms with E-state index in [1.165, 1.54) is 11.1 Å². The van der Waals surface area contributed by atoms with E-state index in [9.17, 15) is 4.79 Å². The molecule has 4 nitrogen and oxygen atoms in total. The Balaban J connectivity index is 1.45. The van der Waals surface area contributed by atoms with Gasteiger partial charge in [-0.25, -0.2) is 4.98 Å². The first-order valence-corrected chi connectivity index (χ1v) is 9.28. The molecular formula is C22H25N3O. The van der Waals surface area contributed by atoms with E-state index in [0.29, 0.717) is 6.42 Å². The molecule has 1 amide bonds. The Hall–Kier alpha value is -2.62. The first kappa shape index (κ1) is 16.8. The van der Waals surface area contributed by atoms with E-state index in [-0.39, 0.29) is 11.3 Å². The lowest BCUT2D eigenvalue weighted by atomic mass is 9.86. The Morgan fingerprint density at radius 1 is 1.04 bits per heavy atom. The number of hydrogen-bond acceptors (Lipinski definition) is 2. The van der Waals surface area contributed by atoms with Gasteiger partial charge in [0.2, 0.25) is 11.9 Å². The number of hydrogen-bond donors (Lipinski definition) is 0. The number of carbonyl (C=O) groups excluding carboxylic acids is 1. The van der Waals surface area contributed by atoms with Crippen molar-refractivity contribution < 1.29 is 4.79 Å². The average molecular weight is 347 g/mol. The normalized spacial score (nSPS) is 14.0. The molecule has 0 saturated heterocycles. The Labute approximate surface area is 154 Å². The Kier molecular flexibility index (Phi) is 4.06. The molecule has 2 aromatic carbocycles. The highest BCUT2D eigenvalue weighted by molar-refractivity contribution is 5.95. The number of para-hydroxylation sites is 2. The van der Waals surface area contributed by atoms with Crippen LogP contribution in [0.1, 0.15) is 38.3 Å². The van der Waals surface area contributed by atoms with E-state index in [1.54, 1.807) is 0 Å². The first-order valence-electron chi connectivity index (χ1n) is 9.28. The maximum Gasteiger partial charge on any atom is 0.229 e. The number of nitrogens with zero attached hydrogens (tertiary/aromatic N) is 3. The number of carbonyl (C=O) groups is 1. The summed E-state index contributed by atoms with van der Waals surface area (Å²) >= 11 is 0. The molecule has 4 heteroatoms. The van der Waals surface area contributed by atoms with Gasteiger partial charge in [0.15, 0.2) is 0 Å². The van der Waals surface area contributed by atoms with Gasteiger partial charge in [0.25, 0.3) is 0 Å². The Morgan fingerprint density at radius 2 is 1.77 bits per heavy atom. The van der Waals surface area contributed by atoms with Gasteiger partial charge < -0.3 is 4.57 Å². The van der Waals surface area contributed by atoms with Crippen molar-refractivity contribution in [2.75, 3.05) is 11.4 Å². The highest BCUT2D eigenvalue weighted by Gasteiger charge is 2.27. The molecule has 1 aromatic heterocycles. The van der Waals surface area contributed by atoms with Crippen LogP contribution in [0, 0.1) is 0 Å². The molecule has 0 aliphatic carbocycles. The van der Waals surface area contributed by atoms with Crippen molar-refractivity contribution in [2.45, 2.75) is 45.6 Å². The van der Waals surface area contributed by atoms with Gasteiger partial charge in [0.05, 0.1) is 11.0 Å². The predicted molar refractivity (Wildman–Crippen MR) is 106 cm³/mol. The number of anilines is 1. The number of rotatable bonds is 3. The summed E-state index contributed by atoms with van der Waals surface area (Å²) in [5, 5.41) is 0. The Bertz CT molecular complexity index is 948. The fraction of sp³-hybridized carbons (Fsp3) is 0.364. The van der Waals surface area contributed by atoms with Crippen LogP contribution < -0.4 is 4.90 Å². The van der Waals surface area contributed by atoms with Gasteiger partial charge in [-0.3, -0.25) is 9.69 Å². The van der Waals surface area contributed by atoms with Crippen molar-refractivity contribution >= 4 is 22.9 Å². The minimum atomic E-state index is 0.152. The van der Waals surface area contributed by atoms with Gasteiger partial charge in [0.1, 0.15) is 0 Å². The number of fused-ring (bicyclic) bond motifs is 3. The maximum absolute atomic E-state index is 12.8. The van der Waals surface area contributed by atoms with E-state index in [2.05, 4.69) is 60.7 Å². The zero-order chi connectivity index (χ0) is 18.3. The van der Waals surface area contributed by atoms with Crippen LogP contribution in [0.3, 0.4) is 0 Å². The monoisotopic (exact) mass is 347 g/mol. The third-order valence-electron chi connectivity index (χ3n) is 5.17.